The molecule has 3 unspecified atom stereocenters. The lowest BCUT2D eigenvalue weighted by Gasteiger charge is -2.36. The molecule has 3 atom stereocenters. The molecule has 1 saturated carbocycles. The average molecular weight is 593 g/mol. The molecular weight excluding hydrogens is 555 g/mol. The number of aryl methyl sites for hydroxylation is 1. The zero-order valence-corrected chi connectivity index (χ0v) is 23.9. The number of rotatable bonds is 9. The van der Waals surface area contributed by atoms with Crippen molar-refractivity contribution in [3.05, 3.63) is 47.9 Å². The van der Waals surface area contributed by atoms with E-state index >= 15 is 4.39 Å². The highest BCUT2D eigenvalue weighted by atomic mass is 19.4. The molecule has 1 aliphatic carbocycles. The number of piperidine rings is 1. The largest absolute Gasteiger partial charge is 0.487 e. The first-order valence-electron chi connectivity index (χ1n) is 14.6. The van der Waals surface area contributed by atoms with E-state index < -0.39 is 29.6 Å². The summed E-state index contributed by atoms with van der Waals surface area (Å²) in [5.41, 5.74) is 5.04. The first-order chi connectivity index (χ1) is 20.1. The first kappa shape index (κ1) is 30.0. The van der Waals surface area contributed by atoms with Gasteiger partial charge in [0, 0.05) is 24.8 Å². The number of nitrogens with zero attached hydrogens (tertiary/aromatic N) is 5. The number of imidazole rings is 1. The van der Waals surface area contributed by atoms with Crippen LogP contribution in [0, 0.1) is 17.7 Å². The standard InChI is InChI=1S/C30H37F5N6O/c1-3-42-26-27(36)37-17-38-29(26)40-13-11-21(24(32)15-40)28-39-25(20-8-9-23(31)22(14-20)30(33,34)35)16-41(28)12-10-18(2)19-6-4-5-7-19/h8-9,14,16-19,21,24H,3-7,10-13,15H2,1-2H3,(H2,36,37,38). The van der Waals surface area contributed by atoms with Crippen LogP contribution >= 0.6 is 0 Å². The van der Waals surface area contributed by atoms with Crippen molar-refractivity contribution in [2.45, 2.75) is 77.2 Å². The van der Waals surface area contributed by atoms with Gasteiger partial charge in [-0.2, -0.15) is 13.2 Å². The van der Waals surface area contributed by atoms with Gasteiger partial charge >= 0.3 is 6.18 Å². The van der Waals surface area contributed by atoms with Crippen LogP contribution in [0.4, 0.5) is 33.6 Å². The van der Waals surface area contributed by atoms with Gasteiger partial charge < -0.3 is 19.9 Å². The summed E-state index contributed by atoms with van der Waals surface area (Å²) in [4.78, 5) is 14.7. The normalized spacial score (nSPS) is 20.7. The van der Waals surface area contributed by atoms with Crippen molar-refractivity contribution in [1.29, 1.82) is 0 Å². The molecule has 12 heteroatoms. The Kier molecular flexibility index (Phi) is 8.89. The van der Waals surface area contributed by atoms with Crippen LogP contribution < -0.4 is 15.4 Å². The number of anilines is 2. The summed E-state index contributed by atoms with van der Waals surface area (Å²) >= 11 is 0. The Balaban J connectivity index is 1.43. The third-order valence-electron chi connectivity index (χ3n) is 8.68. The molecule has 228 valence electrons. The minimum absolute atomic E-state index is 0.0106. The van der Waals surface area contributed by atoms with Gasteiger partial charge in [0.15, 0.2) is 11.6 Å². The van der Waals surface area contributed by atoms with Gasteiger partial charge in [-0.15, -0.1) is 0 Å². The van der Waals surface area contributed by atoms with Gasteiger partial charge in [0.1, 0.15) is 24.1 Å². The van der Waals surface area contributed by atoms with Gasteiger partial charge in [-0.25, -0.2) is 23.7 Å². The SMILES string of the molecule is CCOc1c(N)ncnc1N1CCC(c2nc(-c3ccc(F)c(C(F)(F)F)c3)cn2CCC(C)C2CCCC2)C(F)C1. The summed E-state index contributed by atoms with van der Waals surface area (Å²) in [5, 5.41) is 0. The van der Waals surface area contributed by atoms with Crippen molar-refractivity contribution in [2.75, 3.05) is 30.3 Å². The van der Waals surface area contributed by atoms with Gasteiger partial charge in [-0.3, -0.25) is 0 Å². The van der Waals surface area contributed by atoms with Crippen molar-refractivity contribution in [2.24, 2.45) is 11.8 Å². The van der Waals surface area contributed by atoms with Crippen LogP contribution in [0.25, 0.3) is 11.3 Å². The smallest absolute Gasteiger partial charge is 0.419 e. The molecule has 1 aromatic carbocycles. The predicted molar refractivity (Wildman–Crippen MR) is 150 cm³/mol. The highest BCUT2D eigenvalue weighted by Crippen LogP contribution is 2.39. The zero-order chi connectivity index (χ0) is 30.0. The third kappa shape index (κ3) is 6.32. The van der Waals surface area contributed by atoms with E-state index in [2.05, 4.69) is 21.9 Å². The number of halogens is 5. The summed E-state index contributed by atoms with van der Waals surface area (Å²) in [7, 11) is 0. The van der Waals surface area contributed by atoms with E-state index in [1.54, 1.807) is 11.1 Å². The van der Waals surface area contributed by atoms with Gasteiger partial charge in [0.2, 0.25) is 5.75 Å². The predicted octanol–water partition coefficient (Wildman–Crippen LogP) is 7.03. The number of ether oxygens (including phenoxy) is 1. The zero-order valence-electron chi connectivity index (χ0n) is 23.9. The number of hydrogen-bond donors (Lipinski definition) is 1. The van der Waals surface area contributed by atoms with Gasteiger partial charge in [-0.1, -0.05) is 32.6 Å². The van der Waals surface area contributed by atoms with E-state index in [0.717, 1.165) is 18.6 Å². The molecule has 2 aliphatic rings. The fraction of sp³-hybridized carbons (Fsp3) is 0.567. The van der Waals surface area contributed by atoms with Crippen molar-refractivity contribution in [1.82, 2.24) is 19.5 Å². The molecular formula is C30H37F5N6O. The van der Waals surface area contributed by atoms with Crippen LogP contribution in [-0.4, -0.2) is 45.4 Å². The Morgan fingerprint density at radius 1 is 1.14 bits per heavy atom. The molecule has 1 aliphatic heterocycles. The maximum Gasteiger partial charge on any atom is 0.419 e. The maximum absolute atomic E-state index is 16.0. The van der Waals surface area contributed by atoms with Crippen molar-refractivity contribution < 1.29 is 26.7 Å². The molecule has 42 heavy (non-hydrogen) atoms. The molecule has 0 bridgehead atoms. The van der Waals surface area contributed by atoms with Crippen LogP contribution in [0.3, 0.4) is 0 Å². The van der Waals surface area contributed by atoms with Crippen molar-refractivity contribution >= 4 is 11.6 Å². The van der Waals surface area contributed by atoms with Crippen LogP contribution in [0.2, 0.25) is 0 Å². The summed E-state index contributed by atoms with van der Waals surface area (Å²) in [6, 6.07) is 2.86. The number of alkyl halides is 4. The van der Waals surface area contributed by atoms with Gasteiger partial charge in [0.25, 0.3) is 0 Å². The number of nitrogens with two attached hydrogens (primary N) is 1. The first-order valence-corrected chi connectivity index (χ1v) is 14.6. The molecule has 2 aromatic heterocycles. The van der Waals surface area contributed by atoms with E-state index in [9.17, 15) is 17.6 Å². The number of aromatic nitrogens is 4. The van der Waals surface area contributed by atoms with Crippen LogP contribution in [0.1, 0.15) is 69.7 Å². The van der Waals surface area contributed by atoms with Crippen molar-refractivity contribution in [3.8, 4) is 17.0 Å². The molecule has 1 saturated heterocycles. The quantitative estimate of drug-likeness (QED) is 0.269. The van der Waals surface area contributed by atoms with Crippen LogP contribution in [-0.2, 0) is 12.7 Å². The topological polar surface area (TPSA) is 82.1 Å². The Morgan fingerprint density at radius 3 is 2.60 bits per heavy atom. The van der Waals surface area contributed by atoms with Crippen molar-refractivity contribution in [3.63, 3.8) is 0 Å². The monoisotopic (exact) mass is 592 g/mol. The Labute approximate surface area is 242 Å². The number of benzene rings is 1. The summed E-state index contributed by atoms with van der Waals surface area (Å²) < 4.78 is 77.9. The lowest BCUT2D eigenvalue weighted by Crippen LogP contribution is -2.42. The Bertz CT molecular complexity index is 1370. The summed E-state index contributed by atoms with van der Waals surface area (Å²) in [5.74, 6) is 0.558. The Morgan fingerprint density at radius 2 is 1.90 bits per heavy atom. The minimum Gasteiger partial charge on any atom is -0.487 e. The highest BCUT2D eigenvalue weighted by molar-refractivity contribution is 5.63. The van der Waals surface area contributed by atoms with E-state index in [1.165, 1.54) is 38.1 Å². The molecule has 0 amide bonds. The Hall–Kier alpha value is -3.44. The average Bonchev–Trinajstić information content (AvgIpc) is 3.63. The molecule has 5 rings (SSSR count). The fourth-order valence-corrected chi connectivity index (χ4v) is 6.32. The molecule has 2 fully saturated rings. The third-order valence-corrected chi connectivity index (χ3v) is 8.68. The van der Waals surface area contributed by atoms with Gasteiger partial charge in [-0.05, 0) is 49.8 Å². The van der Waals surface area contributed by atoms with E-state index in [1.807, 2.05) is 11.5 Å². The van der Waals surface area contributed by atoms with E-state index in [0.29, 0.717) is 55.3 Å². The maximum atomic E-state index is 16.0. The fourth-order valence-electron chi connectivity index (χ4n) is 6.32. The number of hydrogen-bond acceptors (Lipinski definition) is 6. The molecule has 0 radical (unpaired) electrons. The molecule has 3 heterocycles. The molecule has 2 N–H and O–H groups in total. The van der Waals surface area contributed by atoms with Gasteiger partial charge in [0.05, 0.1) is 30.3 Å². The lowest BCUT2D eigenvalue weighted by atomic mass is 9.89. The minimum atomic E-state index is -4.84. The molecule has 3 aromatic rings. The second-order valence-electron chi connectivity index (χ2n) is 11.4. The second-order valence-corrected chi connectivity index (χ2v) is 11.4. The highest BCUT2D eigenvalue weighted by Gasteiger charge is 2.37. The second kappa shape index (κ2) is 12.4. The van der Waals surface area contributed by atoms with Crippen LogP contribution in [0.5, 0.6) is 5.75 Å². The summed E-state index contributed by atoms with van der Waals surface area (Å²) in [6.07, 6.45) is 2.90. The lowest BCUT2D eigenvalue weighted by molar-refractivity contribution is -0.139. The number of nitrogen functional groups attached to an aromatic ring is 1. The van der Waals surface area contributed by atoms with E-state index in [4.69, 9.17) is 10.5 Å². The van der Waals surface area contributed by atoms with E-state index in [-0.39, 0.29) is 23.6 Å². The van der Waals surface area contributed by atoms with Crippen LogP contribution in [0.15, 0.2) is 30.7 Å². The molecule has 7 nitrogen and oxygen atoms in total. The molecule has 0 spiro atoms. The summed E-state index contributed by atoms with van der Waals surface area (Å²) in [6.45, 7) is 5.40.